The Labute approximate surface area is 167 Å². The maximum absolute atomic E-state index is 12.9. The van der Waals surface area contributed by atoms with Crippen molar-refractivity contribution in [3.05, 3.63) is 71.5 Å². The summed E-state index contributed by atoms with van der Waals surface area (Å²) in [4.78, 5) is 32.6. The van der Waals surface area contributed by atoms with Crippen LogP contribution in [0.2, 0.25) is 0 Å². The molecule has 0 saturated carbocycles. The van der Waals surface area contributed by atoms with E-state index >= 15 is 0 Å². The Morgan fingerprint density at radius 3 is 2.66 bits per heavy atom. The first-order valence-electron chi connectivity index (χ1n) is 9.41. The first-order valence-corrected chi connectivity index (χ1v) is 9.41. The molecule has 1 aliphatic heterocycles. The minimum atomic E-state index is -1.01. The SMILES string of the molecule is Cc1ccccc1C1=NN(C(=O)CCC(=O)O)C(c2cccc3nccnc23)C1. The molecule has 7 heteroatoms. The van der Waals surface area contributed by atoms with Gasteiger partial charge in [-0.05, 0) is 18.6 Å². The van der Waals surface area contributed by atoms with Crippen molar-refractivity contribution in [2.45, 2.75) is 32.2 Å². The van der Waals surface area contributed by atoms with Crippen LogP contribution in [0.4, 0.5) is 0 Å². The molecule has 1 aliphatic rings. The van der Waals surface area contributed by atoms with E-state index in [1.807, 2.05) is 49.4 Å². The van der Waals surface area contributed by atoms with E-state index in [2.05, 4.69) is 15.1 Å². The van der Waals surface area contributed by atoms with E-state index in [0.29, 0.717) is 6.42 Å². The van der Waals surface area contributed by atoms with Gasteiger partial charge in [0.2, 0.25) is 5.91 Å². The summed E-state index contributed by atoms with van der Waals surface area (Å²) in [6, 6.07) is 13.2. The van der Waals surface area contributed by atoms with Gasteiger partial charge in [0.1, 0.15) is 0 Å². The highest BCUT2D eigenvalue weighted by molar-refractivity contribution is 6.04. The van der Waals surface area contributed by atoms with Crippen molar-refractivity contribution in [1.29, 1.82) is 0 Å². The van der Waals surface area contributed by atoms with E-state index in [9.17, 15) is 9.59 Å². The molecule has 1 atom stereocenters. The molecule has 0 saturated heterocycles. The lowest BCUT2D eigenvalue weighted by molar-refractivity contribution is -0.141. The van der Waals surface area contributed by atoms with Crippen LogP contribution in [0.15, 0.2) is 60.0 Å². The van der Waals surface area contributed by atoms with E-state index in [-0.39, 0.29) is 24.8 Å². The first-order chi connectivity index (χ1) is 14.0. The summed E-state index contributed by atoms with van der Waals surface area (Å²) >= 11 is 0. The third-order valence-corrected chi connectivity index (χ3v) is 5.06. The zero-order valence-electron chi connectivity index (χ0n) is 15.9. The average Bonchev–Trinajstić information content (AvgIpc) is 3.17. The Balaban J connectivity index is 1.76. The van der Waals surface area contributed by atoms with Crippen molar-refractivity contribution in [1.82, 2.24) is 15.0 Å². The zero-order chi connectivity index (χ0) is 20.4. The lowest BCUT2D eigenvalue weighted by Crippen LogP contribution is -2.27. The number of hydrazone groups is 1. The number of carbonyl (C=O) groups excluding carboxylic acids is 1. The van der Waals surface area contributed by atoms with Crippen LogP contribution in [0.3, 0.4) is 0 Å². The second-order valence-electron chi connectivity index (χ2n) is 6.98. The van der Waals surface area contributed by atoms with Crippen molar-refractivity contribution in [2.24, 2.45) is 5.10 Å². The Bertz CT molecular complexity index is 1120. The van der Waals surface area contributed by atoms with Gasteiger partial charge < -0.3 is 5.11 Å². The Hall–Kier alpha value is -3.61. The number of hydrogen-bond acceptors (Lipinski definition) is 5. The van der Waals surface area contributed by atoms with Gasteiger partial charge in [-0.15, -0.1) is 0 Å². The van der Waals surface area contributed by atoms with Crippen LogP contribution in [-0.2, 0) is 9.59 Å². The molecule has 0 fully saturated rings. The van der Waals surface area contributed by atoms with Gasteiger partial charge in [0, 0.05) is 36.4 Å². The van der Waals surface area contributed by atoms with Gasteiger partial charge in [0.15, 0.2) is 0 Å². The Kier molecular flexibility index (Phi) is 5.03. The van der Waals surface area contributed by atoms with Crippen LogP contribution >= 0.6 is 0 Å². The van der Waals surface area contributed by atoms with Crippen molar-refractivity contribution >= 4 is 28.6 Å². The number of carboxylic acid groups (broad SMARTS) is 1. The molecule has 3 aromatic rings. The first kappa shape index (κ1) is 18.7. The number of carboxylic acids is 1. The van der Waals surface area contributed by atoms with Gasteiger partial charge in [-0.2, -0.15) is 5.10 Å². The molecule has 146 valence electrons. The van der Waals surface area contributed by atoms with E-state index in [1.54, 1.807) is 12.4 Å². The molecule has 2 aromatic carbocycles. The second-order valence-corrected chi connectivity index (χ2v) is 6.98. The molecule has 0 spiro atoms. The number of carbonyl (C=O) groups is 2. The van der Waals surface area contributed by atoms with Crippen LogP contribution in [0.1, 0.15) is 42.0 Å². The molecule has 0 radical (unpaired) electrons. The molecule has 0 bridgehead atoms. The van der Waals surface area contributed by atoms with Crippen molar-refractivity contribution in [3.8, 4) is 0 Å². The molecule has 7 nitrogen and oxygen atoms in total. The van der Waals surface area contributed by atoms with Gasteiger partial charge in [-0.25, -0.2) is 5.01 Å². The van der Waals surface area contributed by atoms with Crippen LogP contribution in [-0.4, -0.2) is 37.7 Å². The van der Waals surface area contributed by atoms with Gasteiger partial charge in [0.05, 0.1) is 29.2 Å². The fraction of sp³-hybridized carbons (Fsp3) is 0.227. The highest BCUT2D eigenvalue weighted by atomic mass is 16.4. The maximum Gasteiger partial charge on any atom is 0.303 e. The number of para-hydroxylation sites is 1. The summed E-state index contributed by atoms with van der Waals surface area (Å²) < 4.78 is 0. The van der Waals surface area contributed by atoms with Crippen molar-refractivity contribution in [2.75, 3.05) is 0 Å². The molecule has 1 N–H and O–H groups in total. The molecule has 1 unspecified atom stereocenters. The average molecular weight is 388 g/mol. The van der Waals surface area contributed by atoms with E-state index in [1.165, 1.54) is 5.01 Å². The van der Waals surface area contributed by atoms with Crippen molar-refractivity contribution in [3.63, 3.8) is 0 Å². The summed E-state index contributed by atoms with van der Waals surface area (Å²) in [5.74, 6) is -1.32. The number of benzene rings is 2. The van der Waals surface area contributed by atoms with Crippen molar-refractivity contribution < 1.29 is 14.7 Å². The van der Waals surface area contributed by atoms with Gasteiger partial charge >= 0.3 is 5.97 Å². The fourth-order valence-electron chi connectivity index (χ4n) is 3.65. The summed E-state index contributed by atoms with van der Waals surface area (Å²) in [5.41, 5.74) is 5.17. The number of fused-ring (bicyclic) bond motifs is 1. The molecule has 2 heterocycles. The van der Waals surface area contributed by atoms with Gasteiger partial charge in [0.25, 0.3) is 0 Å². The van der Waals surface area contributed by atoms with E-state index in [0.717, 1.165) is 33.4 Å². The maximum atomic E-state index is 12.9. The zero-order valence-corrected chi connectivity index (χ0v) is 15.9. The number of nitrogens with zero attached hydrogens (tertiary/aromatic N) is 4. The predicted octanol–water partition coefficient (Wildman–Crippen LogP) is 3.48. The number of rotatable bonds is 5. The topological polar surface area (TPSA) is 95.8 Å². The van der Waals surface area contributed by atoms with Crippen LogP contribution in [0.5, 0.6) is 0 Å². The summed E-state index contributed by atoms with van der Waals surface area (Å²) in [6.07, 6.45) is 3.45. The Morgan fingerprint density at radius 1 is 1.07 bits per heavy atom. The molecule has 0 aliphatic carbocycles. The van der Waals surface area contributed by atoms with Gasteiger partial charge in [-0.3, -0.25) is 19.6 Å². The van der Waals surface area contributed by atoms with Gasteiger partial charge in [-0.1, -0.05) is 36.4 Å². The summed E-state index contributed by atoms with van der Waals surface area (Å²) in [5, 5.41) is 15.0. The predicted molar refractivity (Wildman–Crippen MR) is 108 cm³/mol. The molecule has 4 rings (SSSR count). The highest BCUT2D eigenvalue weighted by Gasteiger charge is 2.34. The second kappa shape index (κ2) is 7.79. The molecule has 1 amide bonds. The third kappa shape index (κ3) is 3.71. The molecule has 29 heavy (non-hydrogen) atoms. The monoisotopic (exact) mass is 388 g/mol. The third-order valence-electron chi connectivity index (χ3n) is 5.06. The lowest BCUT2D eigenvalue weighted by Gasteiger charge is -2.22. The lowest BCUT2D eigenvalue weighted by atomic mass is 9.95. The number of aromatic nitrogens is 2. The molecule has 1 aromatic heterocycles. The normalized spacial score (nSPS) is 16.1. The summed E-state index contributed by atoms with van der Waals surface area (Å²) in [7, 11) is 0. The number of aliphatic carboxylic acids is 1. The number of hydrogen-bond donors (Lipinski definition) is 1. The van der Waals surface area contributed by atoms with E-state index < -0.39 is 5.97 Å². The highest BCUT2D eigenvalue weighted by Crippen LogP contribution is 2.36. The molecular formula is C22H20N4O3. The Morgan fingerprint density at radius 2 is 1.86 bits per heavy atom. The van der Waals surface area contributed by atoms with E-state index in [4.69, 9.17) is 5.11 Å². The summed E-state index contributed by atoms with van der Waals surface area (Å²) in [6.45, 7) is 2.01. The number of amides is 1. The smallest absolute Gasteiger partial charge is 0.303 e. The standard InChI is InChI=1S/C22H20N4O3/c1-14-5-2-3-6-15(14)18-13-19(26(25-18)20(27)9-10-21(28)29)16-7-4-8-17-22(16)24-12-11-23-17/h2-8,11-12,19H,9-10,13H2,1H3,(H,28,29). The van der Waals surface area contributed by atoms with Crippen LogP contribution in [0, 0.1) is 6.92 Å². The largest absolute Gasteiger partial charge is 0.481 e. The molecular weight excluding hydrogens is 368 g/mol. The minimum absolute atomic E-state index is 0.104. The number of aryl methyl sites for hydroxylation is 1. The van der Waals surface area contributed by atoms with Crippen LogP contribution in [0.25, 0.3) is 11.0 Å². The van der Waals surface area contributed by atoms with Crippen LogP contribution < -0.4 is 0 Å². The fourth-order valence-corrected chi connectivity index (χ4v) is 3.65. The minimum Gasteiger partial charge on any atom is -0.481 e. The quantitative estimate of drug-likeness (QED) is 0.722.